The molecule has 0 unspecified atom stereocenters. The number of fused-ring (bicyclic) bond motifs is 1. The third-order valence-electron chi connectivity index (χ3n) is 6.45. The number of hydrogen-bond acceptors (Lipinski definition) is 3. The second kappa shape index (κ2) is 8.04. The standard InChI is InChI=1S/C24H32F3NO2/c1-22(2,3)16-6-9-18(10-7-16)30-20-12-5-15-13-17(23(4,28)14-29)8-11-19(15)21(20)24(25,26)27/h5,8,11-13,16,18,29H,6-7,9-10,14,28H2,1-4H3/t16-,18-,23-/m1/s1. The van der Waals surface area contributed by atoms with E-state index < -0.39 is 17.3 Å². The van der Waals surface area contributed by atoms with Crippen molar-refractivity contribution < 1.29 is 23.0 Å². The highest BCUT2D eigenvalue weighted by molar-refractivity contribution is 5.89. The van der Waals surface area contributed by atoms with Crippen LogP contribution in [0.4, 0.5) is 13.2 Å². The number of alkyl halides is 3. The first-order chi connectivity index (χ1) is 13.8. The summed E-state index contributed by atoms with van der Waals surface area (Å²) in [6, 6.07) is 7.64. The summed E-state index contributed by atoms with van der Waals surface area (Å²) in [7, 11) is 0. The molecule has 0 aliphatic heterocycles. The molecule has 1 atom stereocenters. The number of ether oxygens (including phenoxy) is 1. The smallest absolute Gasteiger partial charge is 0.420 e. The lowest BCUT2D eigenvalue weighted by molar-refractivity contribution is -0.138. The van der Waals surface area contributed by atoms with Crippen LogP contribution in [0.25, 0.3) is 10.8 Å². The first-order valence-corrected chi connectivity index (χ1v) is 10.5. The third kappa shape index (κ3) is 4.75. The highest BCUT2D eigenvalue weighted by atomic mass is 19.4. The maximum absolute atomic E-state index is 14.0. The Morgan fingerprint density at radius 3 is 2.17 bits per heavy atom. The molecule has 0 heterocycles. The number of hydrogen-bond donors (Lipinski definition) is 2. The summed E-state index contributed by atoms with van der Waals surface area (Å²) in [6.07, 6.45) is -1.30. The number of aliphatic hydroxyl groups excluding tert-OH is 1. The number of nitrogens with two attached hydrogens (primary N) is 1. The van der Waals surface area contributed by atoms with E-state index in [0.29, 0.717) is 16.9 Å². The topological polar surface area (TPSA) is 55.5 Å². The lowest BCUT2D eigenvalue weighted by Gasteiger charge is -2.37. The van der Waals surface area contributed by atoms with Crippen LogP contribution in [0.15, 0.2) is 30.3 Å². The minimum Gasteiger partial charge on any atom is -0.490 e. The van der Waals surface area contributed by atoms with Crippen molar-refractivity contribution in [1.82, 2.24) is 0 Å². The molecule has 1 aliphatic carbocycles. The van der Waals surface area contributed by atoms with Crippen LogP contribution in [0.3, 0.4) is 0 Å². The van der Waals surface area contributed by atoms with Crippen molar-refractivity contribution in [1.29, 1.82) is 0 Å². The Labute approximate surface area is 176 Å². The highest BCUT2D eigenvalue weighted by Crippen LogP contribution is 2.44. The van der Waals surface area contributed by atoms with E-state index in [9.17, 15) is 18.3 Å². The molecule has 0 bridgehead atoms. The van der Waals surface area contributed by atoms with Crippen molar-refractivity contribution in [3.8, 4) is 5.75 Å². The molecule has 166 valence electrons. The van der Waals surface area contributed by atoms with E-state index in [1.807, 2.05) is 0 Å². The van der Waals surface area contributed by atoms with Crippen LogP contribution in [0.5, 0.6) is 5.75 Å². The molecular formula is C24H32F3NO2. The van der Waals surface area contributed by atoms with E-state index in [4.69, 9.17) is 10.5 Å². The zero-order valence-corrected chi connectivity index (χ0v) is 18.1. The van der Waals surface area contributed by atoms with Gasteiger partial charge >= 0.3 is 6.18 Å². The molecule has 1 fully saturated rings. The van der Waals surface area contributed by atoms with Crippen molar-refractivity contribution in [2.24, 2.45) is 17.1 Å². The molecule has 2 aromatic rings. The van der Waals surface area contributed by atoms with Crippen LogP contribution in [0.2, 0.25) is 0 Å². The van der Waals surface area contributed by atoms with Gasteiger partial charge in [-0.1, -0.05) is 39.0 Å². The normalized spacial score (nSPS) is 22.7. The Kier molecular flexibility index (Phi) is 6.14. The quantitative estimate of drug-likeness (QED) is 0.633. The molecule has 6 heteroatoms. The molecule has 1 saturated carbocycles. The molecule has 0 spiro atoms. The Hall–Kier alpha value is -1.79. The SMILES string of the molecule is CC(C)(C)[C@H]1CC[C@H](Oc2ccc3cc([C@](C)(N)CO)ccc3c2C(F)(F)F)CC1. The number of rotatable bonds is 4. The summed E-state index contributed by atoms with van der Waals surface area (Å²) >= 11 is 0. The van der Waals surface area contributed by atoms with Crippen molar-refractivity contribution in [2.75, 3.05) is 6.61 Å². The molecule has 3 N–H and O–H groups in total. The van der Waals surface area contributed by atoms with Gasteiger partial charge in [0.15, 0.2) is 0 Å². The Morgan fingerprint density at radius 2 is 1.63 bits per heavy atom. The number of benzene rings is 2. The molecule has 1 aliphatic rings. The van der Waals surface area contributed by atoms with E-state index >= 15 is 0 Å². The molecule has 3 nitrogen and oxygen atoms in total. The molecule has 0 aromatic heterocycles. The van der Waals surface area contributed by atoms with E-state index in [-0.39, 0.29) is 29.3 Å². The zero-order valence-electron chi connectivity index (χ0n) is 18.1. The lowest BCUT2D eigenvalue weighted by Crippen LogP contribution is -2.36. The Morgan fingerprint density at radius 1 is 1.00 bits per heavy atom. The minimum absolute atomic E-state index is 0.0841. The minimum atomic E-state index is -4.54. The first-order valence-electron chi connectivity index (χ1n) is 10.5. The molecule has 0 radical (unpaired) electrons. The summed E-state index contributed by atoms with van der Waals surface area (Å²) in [5, 5.41) is 9.98. The average molecular weight is 424 g/mol. The summed E-state index contributed by atoms with van der Waals surface area (Å²) in [4.78, 5) is 0. The predicted molar refractivity (Wildman–Crippen MR) is 113 cm³/mol. The summed E-state index contributed by atoms with van der Waals surface area (Å²) < 4.78 is 47.9. The van der Waals surface area contributed by atoms with E-state index in [1.165, 1.54) is 12.1 Å². The first kappa shape index (κ1) is 22.9. The highest BCUT2D eigenvalue weighted by Gasteiger charge is 2.38. The fraction of sp³-hybridized carbons (Fsp3) is 0.583. The van der Waals surface area contributed by atoms with Gasteiger partial charge in [-0.05, 0) is 72.4 Å². The Balaban J connectivity index is 1.93. The van der Waals surface area contributed by atoms with Gasteiger partial charge in [0, 0.05) is 0 Å². The molecule has 0 saturated heterocycles. The van der Waals surface area contributed by atoms with Crippen molar-refractivity contribution in [3.63, 3.8) is 0 Å². The van der Waals surface area contributed by atoms with Crippen molar-refractivity contribution in [3.05, 3.63) is 41.5 Å². The van der Waals surface area contributed by atoms with Gasteiger partial charge in [0.25, 0.3) is 0 Å². The summed E-state index contributed by atoms with van der Waals surface area (Å²) in [5.41, 5.74) is 5.07. The van der Waals surface area contributed by atoms with E-state index in [0.717, 1.165) is 25.7 Å². The molecule has 0 amide bonds. The number of halogens is 3. The monoisotopic (exact) mass is 423 g/mol. The second-order valence-electron chi connectivity index (χ2n) is 9.91. The predicted octanol–water partition coefficient (Wildman–Crippen LogP) is 6.01. The Bertz CT molecular complexity index is 892. The largest absolute Gasteiger partial charge is 0.490 e. The molecule has 30 heavy (non-hydrogen) atoms. The van der Waals surface area contributed by atoms with Gasteiger partial charge < -0.3 is 15.6 Å². The van der Waals surface area contributed by atoms with Crippen LogP contribution < -0.4 is 10.5 Å². The summed E-state index contributed by atoms with van der Waals surface area (Å²) in [6.45, 7) is 7.97. The lowest BCUT2D eigenvalue weighted by atomic mass is 9.72. The van der Waals surface area contributed by atoms with Gasteiger partial charge in [-0.3, -0.25) is 0 Å². The van der Waals surface area contributed by atoms with Crippen LogP contribution in [-0.4, -0.2) is 17.8 Å². The van der Waals surface area contributed by atoms with E-state index in [1.54, 1.807) is 25.1 Å². The van der Waals surface area contributed by atoms with Crippen LogP contribution in [0, 0.1) is 11.3 Å². The number of aliphatic hydroxyl groups is 1. The van der Waals surface area contributed by atoms with Gasteiger partial charge in [-0.25, -0.2) is 0 Å². The average Bonchev–Trinajstić information content (AvgIpc) is 2.66. The third-order valence-corrected chi connectivity index (χ3v) is 6.45. The second-order valence-corrected chi connectivity index (χ2v) is 9.91. The molecular weight excluding hydrogens is 391 g/mol. The molecule has 2 aromatic carbocycles. The fourth-order valence-corrected chi connectivity index (χ4v) is 4.37. The van der Waals surface area contributed by atoms with Crippen LogP contribution in [-0.2, 0) is 11.7 Å². The maximum Gasteiger partial charge on any atom is 0.420 e. The van der Waals surface area contributed by atoms with Crippen LogP contribution in [0.1, 0.15) is 64.5 Å². The van der Waals surface area contributed by atoms with Gasteiger partial charge in [0.05, 0.1) is 18.2 Å². The van der Waals surface area contributed by atoms with Gasteiger partial charge in [0.1, 0.15) is 11.3 Å². The summed E-state index contributed by atoms with van der Waals surface area (Å²) in [5.74, 6) is 0.450. The van der Waals surface area contributed by atoms with Crippen molar-refractivity contribution in [2.45, 2.75) is 71.2 Å². The van der Waals surface area contributed by atoms with Gasteiger partial charge in [-0.2, -0.15) is 13.2 Å². The van der Waals surface area contributed by atoms with E-state index in [2.05, 4.69) is 20.8 Å². The fourth-order valence-electron chi connectivity index (χ4n) is 4.37. The van der Waals surface area contributed by atoms with Gasteiger partial charge in [-0.15, -0.1) is 0 Å². The molecule has 3 rings (SSSR count). The van der Waals surface area contributed by atoms with Gasteiger partial charge in [0.2, 0.25) is 0 Å². The zero-order chi connectivity index (χ0) is 22.3. The maximum atomic E-state index is 14.0. The van der Waals surface area contributed by atoms with Crippen LogP contribution >= 0.6 is 0 Å². The van der Waals surface area contributed by atoms with Crippen molar-refractivity contribution >= 4 is 10.8 Å².